The first kappa shape index (κ1) is 17.5. The fraction of sp³-hybridized carbons (Fsp3) is 0.455. The minimum absolute atomic E-state index is 0.216. The van der Waals surface area contributed by atoms with E-state index in [1.54, 1.807) is 11.3 Å². The molecule has 2 fully saturated rings. The number of piperidine rings is 1. The van der Waals surface area contributed by atoms with Crippen LogP contribution in [0.25, 0.3) is 0 Å². The number of amides is 1. The third-order valence-corrected chi connectivity index (χ3v) is 6.70. The Labute approximate surface area is 159 Å². The van der Waals surface area contributed by atoms with Crippen LogP contribution in [0.5, 0.6) is 0 Å². The maximum atomic E-state index is 13.1. The normalized spacial score (nSPS) is 23.3. The van der Waals surface area contributed by atoms with Gasteiger partial charge in [-0.05, 0) is 74.9 Å². The van der Waals surface area contributed by atoms with Gasteiger partial charge in [-0.3, -0.25) is 4.79 Å². The lowest BCUT2D eigenvalue weighted by molar-refractivity contribution is 0.0737. The highest BCUT2D eigenvalue weighted by Crippen LogP contribution is 2.32. The summed E-state index contributed by atoms with van der Waals surface area (Å²) in [4.78, 5) is 16.6. The van der Waals surface area contributed by atoms with Crippen molar-refractivity contribution in [2.75, 3.05) is 19.6 Å². The maximum Gasteiger partial charge on any atom is 0.254 e. The van der Waals surface area contributed by atoms with Gasteiger partial charge in [0, 0.05) is 22.8 Å². The molecule has 136 valence electrons. The van der Waals surface area contributed by atoms with Gasteiger partial charge in [-0.1, -0.05) is 18.2 Å². The summed E-state index contributed by atoms with van der Waals surface area (Å²) >= 11 is 1.77. The van der Waals surface area contributed by atoms with Gasteiger partial charge < -0.3 is 10.2 Å². The lowest BCUT2D eigenvalue weighted by Crippen LogP contribution is -2.35. The molecule has 2 saturated heterocycles. The minimum Gasteiger partial charge on any atom is -0.335 e. The second-order valence-corrected chi connectivity index (χ2v) is 8.31. The molecule has 3 heterocycles. The van der Waals surface area contributed by atoms with Crippen LogP contribution in [0.4, 0.5) is 0 Å². The number of carbonyl (C=O) groups excluding carboxylic acids is 1. The van der Waals surface area contributed by atoms with Crippen LogP contribution >= 0.6 is 11.3 Å². The van der Waals surface area contributed by atoms with Crippen molar-refractivity contribution >= 4 is 17.2 Å². The van der Waals surface area contributed by atoms with Gasteiger partial charge in [0.2, 0.25) is 0 Å². The predicted octanol–water partition coefficient (Wildman–Crippen LogP) is 4.42. The minimum atomic E-state index is 0.216. The first-order valence-corrected chi connectivity index (χ1v) is 10.6. The van der Waals surface area contributed by atoms with Gasteiger partial charge in [0.05, 0.1) is 5.56 Å². The summed E-state index contributed by atoms with van der Waals surface area (Å²) in [5.74, 6) is 0.838. The molecule has 1 aliphatic carbocycles. The van der Waals surface area contributed by atoms with E-state index in [1.165, 1.54) is 23.3 Å². The number of hydrogen-bond acceptors (Lipinski definition) is 3. The van der Waals surface area contributed by atoms with Crippen LogP contribution in [0.15, 0.2) is 53.1 Å². The van der Waals surface area contributed by atoms with E-state index in [9.17, 15) is 4.79 Å². The molecular formula is C22H26N2OS. The Hall–Kier alpha value is -1.87. The molecule has 0 bridgehead atoms. The zero-order valence-corrected chi connectivity index (χ0v) is 15.9. The average molecular weight is 367 g/mol. The molecule has 3 aliphatic rings. The number of hydrogen-bond donors (Lipinski definition) is 1. The number of carbonyl (C=O) groups is 1. The van der Waals surface area contributed by atoms with Crippen molar-refractivity contribution in [1.82, 2.24) is 10.2 Å². The molecule has 1 N–H and O–H groups in total. The van der Waals surface area contributed by atoms with Gasteiger partial charge in [-0.25, -0.2) is 0 Å². The zero-order chi connectivity index (χ0) is 17.8. The van der Waals surface area contributed by atoms with Crippen molar-refractivity contribution in [3.05, 3.63) is 63.6 Å². The maximum absolute atomic E-state index is 13.1. The average Bonchev–Trinajstić information content (AvgIpc) is 3.27. The van der Waals surface area contributed by atoms with Crippen molar-refractivity contribution in [3.63, 3.8) is 0 Å². The Balaban J connectivity index is 1.45. The van der Waals surface area contributed by atoms with Gasteiger partial charge in [0.1, 0.15) is 0 Å². The van der Waals surface area contributed by atoms with Crippen LogP contribution in [0.2, 0.25) is 0 Å². The number of nitrogens with one attached hydrogen (secondary N) is 1. The highest BCUT2D eigenvalue weighted by atomic mass is 32.1. The Kier molecular flexibility index (Phi) is 5.54. The molecule has 1 unspecified atom stereocenters. The van der Waals surface area contributed by atoms with Gasteiger partial charge in [0.15, 0.2) is 0 Å². The zero-order valence-electron chi connectivity index (χ0n) is 15.1. The summed E-state index contributed by atoms with van der Waals surface area (Å²) in [6.45, 7) is 3.06. The van der Waals surface area contributed by atoms with Gasteiger partial charge in [-0.15, -0.1) is 17.1 Å². The quantitative estimate of drug-likeness (QED) is 0.800. The number of rotatable bonds is 4. The first-order valence-electron chi connectivity index (χ1n) is 9.70. The molecular weight excluding hydrogens is 340 g/mol. The predicted molar refractivity (Wildman–Crippen MR) is 108 cm³/mol. The lowest BCUT2D eigenvalue weighted by Gasteiger charge is -2.25. The number of nitrogens with zero attached hydrogens (tertiary/aromatic N) is 1. The summed E-state index contributed by atoms with van der Waals surface area (Å²) in [5, 5.41) is 5.49. The third-order valence-electron chi connectivity index (χ3n) is 5.60. The summed E-state index contributed by atoms with van der Waals surface area (Å²) in [5.41, 5.74) is 5.31. The second kappa shape index (κ2) is 8.22. The highest BCUT2D eigenvalue weighted by molar-refractivity contribution is 7.10. The summed E-state index contributed by atoms with van der Waals surface area (Å²) in [7, 11) is 0. The van der Waals surface area contributed by atoms with E-state index in [-0.39, 0.29) is 5.91 Å². The molecule has 1 amide bonds. The van der Waals surface area contributed by atoms with E-state index >= 15 is 0 Å². The van der Waals surface area contributed by atoms with Crippen molar-refractivity contribution < 1.29 is 4.79 Å². The molecule has 1 aromatic heterocycles. The SMILES string of the molecule is O=C(c1csc(C2CCNCC2)c1)N1CCCC1CC1=CC=CC=C=C1. The molecule has 0 spiro atoms. The van der Waals surface area contributed by atoms with Crippen molar-refractivity contribution in [2.24, 2.45) is 0 Å². The molecule has 0 aromatic carbocycles. The second-order valence-electron chi connectivity index (χ2n) is 7.36. The fourth-order valence-electron chi connectivity index (χ4n) is 4.16. The largest absolute Gasteiger partial charge is 0.335 e. The Bertz CT molecular complexity index is 776. The fourth-order valence-corrected chi connectivity index (χ4v) is 5.21. The van der Waals surface area contributed by atoms with Crippen LogP contribution in [0.3, 0.4) is 0 Å². The van der Waals surface area contributed by atoms with E-state index in [4.69, 9.17) is 0 Å². The first-order chi connectivity index (χ1) is 12.8. The summed E-state index contributed by atoms with van der Waals surface area (Å²) in [6.07, 6.45) is 15.6. The third kappa shape index (κ3) is 3.93. The molecule has 0 saturated carbocycles. The van der Waals surface area contributed by atoms with E-state index in [1.807, 2.05) is 18.2 Å². The number of likely N-dealkylation sites (tertiary alicyclic amines) is 1. The van der Waals surface area contributed by atoms with Gasteiger partial charge in [0.25, 0.3) is 5.91 Å². The Morgan fingerprint density at radius 3 is 3.04 bits per heavy atom. The molecule has 4 rings (SSSR count). The number of allylic oxidation sites excluding steroid dienone is 4. The summed E-state index contributed by atoms with van der Waals surface area (Å²) in [6, 6.07) is 2.47. The smallest absolute Gasteiger partial charge is 0.254 e. The van der Waals surface area contributed by atoms with Crippen molar-refractivity contribution in [2.45, 2.75) is 44.1 Å². The van der Waals surface area contributed by atoms with E-state index in [0.717, 1.165) is 44.5 Å². The van der Waals surface area contributed by atoms with Crippen LogP contribution < -0.4 is 5.32 Å². The van der Waals surface area contributed by atoms with Gasteiger partial charge >= 0.3 is 0 Å². The molecule has 3 nitrogen and oxygen atoms in total. The Morgan fingerprint density at radius 2 is 2.15 bits per heavy atom. The van der Waals surface area contributed by atoms with Crippen molar-refractivity contribution in [1.29, 1.82) is 0 Å². The van der Waals surface area contributed by atoms with Crippen LogP contribution in [0, 0.1) is 0 Å². The molecule has 2 aliphatic heterocycles. The Morgan fingerprint density at radius 1 is 1.27 bits per heavy atom. The van der Waals surface area contributed by atoms with Crippen LogP contribution in [-0.4, -0.2) is 36.5 Å². The molecule has 4 heteroatoms. The van der Waals surface area contributed by atoms with E-state index in [2.05, 4.69) is 39.5 Å². The highest BCUT2D eigenvalue weighted by Gasteiger charge is 2.30. The molecule has 26 heavy (non-hydrogen) atoms. The van der Waals surface area contributed by atoms with E-state index in [0.29, 0.717) is 12.0 Å². The number of thiophene rings is 1. The molecule has 1 aromatic rings. The van der Waals surface area contributed by atoms with E-state index < -0.39 is 0 Å². The van der Waals surface area contributed by atoms with Crippen LogP contribution in [-0.2, 0) is 0 Å². The summed E-state index contributed by atoms with van der Waals surface area (Å²) < 4.78 is 0. The van der Waals surface area contributed by atoms with Crippen molar-refractivity contribution in [3.8, 4) is 0 Å². The monoisotopic (exact) mass is 366 g/mol. The lowest BCUT2D eigenvalue weighted by atomic mass is 9.96. The van der Waals surface area contributed by atoms with Gasteiger partial charge in [-0.2, -0.15) is 0 Å². The van der Waals surface area contributed by atoms with Crippen LogP contribution in [0.1, 0.15) is 53.3 Å². The molecule has 0 radical (unpaired) electrons. The molecule has 1 atom stereocenters. The topological polar surface area (TPSA) is 32.3 Å². The standard InChI is InChI=1S/C22H26N2OS/c25-22(19-15-21(26-16-19)18-9-11-23-12-10-18)24-13-5-8-20(24)14-17-6-3-1-2-4-7-17/h1-3,6-7,15-16,18,20,23H,5,8-14H2.